The summed E-state index contributed by atoms with van der Waals surface area (Å²) in [5.74, 6) is 0.647. The molecule has 0 rings (SSSR count). The second-order valence-corrected chi connectivity index (χ2v) is 7.38. The van der Waals surface area contributed by atoms with Crippen LogP contribution < -0.4 is 5.32 Å². The minimum Gasteiger partial charge on any atom is -0.379 e. The van der Waals surface area contributed by atoms with E-state index < -0.39 is 0 Å². The first-order valence-corrected chi connectivity index (χ1v) is 10.7. The van der Waals surface area contributed by atoms with Gasteiger partial charge in [-0.2, -0.15) is 0 Å². The van der Waals surface area contributed by atoms with Crippen molar-refractivity contribution in [1.29, 1.82) is 0 Å². The van der Waals surface area contributed by atoms with Crippen LogP contribution in [0.25, 0.3) is 0 Å². The number of hydrogen-bond acceptors (Lipinski definition) is 1. The molecule has 0 fully saturated rings. The molecule has 0 aliphatic carbocycles. The SMILES string of the molecule is C=CCC(/C=C/C(C)/C=C\C)C(=C)/C=C\C(=C)C(C)NC(=C)C(/C=C\C)=C\C=C/C. The third-order valence-corrected chi connectivity index (χ3v) is 4.66. The highest BCUT2D eigenvalue weighted by Gasteiger charge is 2.09. The van der Waals surface area contributed by atoms with Crippen molar-refractivity contribution in [3.63, 3.8) is 0 Å². The highest BCUT2D eigenvalue weighted by Crippen LogP contribution is 2.20. The van der Waals surface area contributed by atoms with Gasteiger partial charge in [-0.1, -0.05) is 99.6 Å². The topological polar surface area (TPSA) is 12.0 Å². The summed E-state index contributed by atoms with van der Waals surface area (Å²) in [6.07, 6.45) is 25.7. The van der Waals surface area contributed by atoms with Crippen molar-refractivity contribution in [2.24, 2.45) is 11.8 Å². The number of hydrogen-bond donors (Lipinski definition) is 1. The van der Waals surface area contributed by atoms with Gasteiger partial charge in [0, 0.05) is 17.7 Å². The first kappa shape index (κ1) is 27.2. The van der Waals surface area contributed by atoms with Crippen molar-refractivity contribution in [2.45, 2.75) is 47.1 Å². The van der Waals surface area contributed by atoms with Gasteiger partial charge in [-0.15, -0.1) is 6.58 Å². The molecule has 0 aliphatic rings. The number of allylic oxidation sites excluding steroid dienone is 12. The Labute approximate surface area is 186 Å². The van der Waals surface area contributed by atoms with Crippen LogP contribution in [-0.4, -0.2) is 6.04 Å². The predicted molar refractivity (Wildman–Crippen MR) is 138 cm³/mol. The quantitative estimate of drug-likeness (QED) is 0.228. The van der Waals surface area contributed by atoms with Gasteiger partial charge in [0.1, 0.15) is 0 Å². The van der Waals surface area contributed by atoms with Gasteiger partial charge in [0.2, 0.25) is 0 Å². The predicted octanol–water partition coefficient (Wildman–Crippen LogP) is 8.19. The van der Waals surface area contributed by atoms with Crippen LogP contribution in [0.3, 0.4) is 0 Å². The molecule has 0 bridgehead atoms. The van der Waals surface area contributed by atoms with Gasteiger partial charge in [-0.3, -0.25) is 0 Å². The van der Waals surface area contributed by atoms with Crippen molar-refractivity contribution >= 4 is 0 Å². The Bertz CT molecular complexity index is 749. The first-order chi connectivity index (χ1) is 14.3. The lowest BCUT2D eigenvalue weighted by molar-refractivity contribution is 0.717. The number of nitrogens with one attached hydrogen (secondary N) is 1. The van der Waals surface area contributed by atoms with E-state index in [1.165, 1.54) is 0 Å². The molecule has 0 amide bonds. The minimum atomic E-state index is 0.0592. The van der Waals surface area contributed by atoms with E-state index in [0.717, 1.165) is 28.8 Å². The summed E-state index contributed by atoms with van der Waals surface area (Å²) >= 11 is 0. The lowest BCUT2D eigenvalue weighted by Crippen LogP contribution is -2.26. The molecule has 1 N–H and O–H groups in total. The van der Waals surface area contributed by atoms with Crippen LogP contribution in [0.4, 0.5) is 0 Å². The monoisotopic (exact) mass is 403 g/mol. The van der Waals surface area contributed by atoms with Crippen molar-refractivity contribution in [1.82, 2.24) is 5.32 Å². The van der Waals surface area contributed by atoms with Crippen LogP contribution in [0.5, 0.6) is 0 Å². The lowest BCUT2D eigenvalue weighted by Gasteiger charge is -2.19. The highest BCUT2D eigenvalue weighted by atomic mass is 14.9. The molecule has 0 saturated carbocycles. The first-order valence-electron chi connectivity index (χ1n) is 10.7. The summed E-state index contributed by atoms with van der Waals surface area (Å²) in [5, 5.41) is 3.44. The summed E-state index contributed by atoms with van der Waals surface area (Å²) in [7, 11) is 0. The van der Waals surface area contributed by atoms with Gasteiger partial charge >= 0.3 is 0 Å². The second-order valence-electron chi connectivity index (χ2n) is 7.38. The molecule has 1 nitrogen and oxygen atoms in total. The molecular formula is C29H41N. The fourth-order valence-electron chi connectivity index (χ4n) is 2.77. The Morgan fingerprint density at radius 2 is 1.50 bits per heavy atom. The standard InChI is InChI=1S/C29H41N/c1-10-14-18-29(17-13-4)27(9)30-26(8)24(6)20-21-25(7)28(16-12-3)22-19-23(5)15-11-2/h10-15,17-23,26,28,30H,3,6-7,9,16H2,1-2,4-5,8H3/b14-10-,15-11-,17-13-,21-20-,22-19+,29-18-. The maximum absolute atomic E-state index is 4.27. The molecule has 162 valence electrons. The molecule has 0 aromatic rings. The normalized spacial score (nSPS) is 16.0. The second kappa shape index (κ2) is 16.0. The summed E-state index contributed by atoms with van der Waals surface area (Å²) in [4.78, 5) is 0. The largest absolute Gasteiger partial charge is 0.379 e. The van der Waals surface area contributed by atoms with Crippen LogP contribution >= 0.6 is 0 Å². The fourth-order valence-corrected chi connectivity index (χ4v) is 2.77. The summed E-state index contributed by atoms with van der Waals surface area (Å²) in [5.41, 5.74) is 3.95. The van der Waals surface area contributed by atoms with Crippen molar-refractivity contribution in [3.05, 3.63) is 122 Å². The Hall–Kier alpha value is -2.80. The smallest absolute Gasteiger partial charge is 0.0479 e. The van der Waals surface area contributed by atoms with Crippen molar-refractivity contribution in [3.8, 4) is 0 Å². The molecule has 0 radical (unpaired) electrons. The molecule has 3 atom stereocenters. The Balaban J connectivity index is 5.12. The van der Waals surface area contributed by atoms with E-state index in [9.17, 15) is 0 Å². The van der Waals surface area contributed by atoms with Crippen LogP contribution in [-0.2, 0) is 0 Å². The van der Waals surface area contributed by atoms with Crippen LogP contribution in [0.15, 0.2) is 122 Å². The van der Waals surface area contributed by atoms with E-state index in [4.69, 9.17) is 0 Å². The molecule has 0 aliphatic heterocycles. The van der Waals surface area contributed by atoms with Gasteiger partial charge < -0.3 is 5.32 Å². The molecule has 0 spiro atoms. The fraction of sp³-hybridized carbons (Fsp3) is 0.310. The van der Waals surface area contributed by atoms with E-state index >= 15 is 0 Å². The van der Waals surface area contributed by atoms with E-state index in [0.29, 0.717) is 5.92 Å². The number of rotatable bonds is 14. The maximum atomic E-state index is 4.27. The molecule has 0 aromatic carbocycles. The molecule has 0 heterocycles. The van der Waals surface area contributed by atoms with E-state index in [2.05, 4.69) is 75.9 Å². The van der Waals surface area contributed by atoms with Crippen LogP contribution in [0, 0.1) is 11.8 Å². The molecular weight excluding hydrogens is 362 g/mol. The summed E-state index contributed by atoms with van der Waals surface area (Å²) in [6.45, 7) is 26.9. The Kier molecular flexibility index (Phi) is 14.5. The molecule has 0 aromatic heterocycles. The highest BCUT2D eigenvalue weighted by molar-refractivity contribution is 5.41. The Morgan fingerprint density at radius 1 is 0.833 bits per heavy atom. The Morgan fingerprint density at radius 3 is 2.07 bits per heavy atom. The van der Waals surface area contributed by atoms with Gasteiger partial charge in [0.05, 0.1) is 0 Å². The van der Waals surface area contributed by atoms with Gasteiger partial charge in [-0.25, -0.2) is 0 Å². The zero-order valence-corrected chi connectivity index (χ0v) is 19.7. The van der Waals surface area contributed by atoms with E-state index in [1.54, 1.807) is 0 Å². The summed E-state index contributed by atoms with van der Waals surface area (Å²) < 4.78 is 0. The molecule has 30 heavy (non-hydrogen) atoms. The molecule has 1 heteroatoms. The third kappa shape index (κ3) is 11.3. The lowest BCUT2D eigenvalue weighted by atomic mass is 9.93. The minimum absolute atomic E-state index is 0.0592. The van der Waals surface area contributed by atoms with Crippen molar-refractivity contribution < 1.29 is 0 Å². The van der Waals surface area contributed by atoms with E-state index in [-0.39, 0.29) is 12.0 Å². The van der Waals surface area contributed by atoms with Gasteiger partial charge in [0.15, 0.2) is 0 Å². The average Bonchev–Trinajstić information content (AvgIpc) is 2.71. The van der Waals surface area contributed by atoms with Gasteiger partial charge in [-0.05, 0) is 56.8 Å². The molecule has 3 unspecified atom stereocenters. The van der Waals surface area contributed by atoms with E-state index in [1.807, 2.05) is 63.3 Å². The summed E-state index contributed by atoms with van der Waals surface area (Å²) in [6, 6.07) is 0.0592. The van der Waals surface area contributed by atoms with Gasteiger partial charge in [0.25, 0.3) is 0 Å². The third-order valence-electron chi connectivity index (χ3n) is 4.66. The zero-order chi connectivity index (χ0) is 22.9. The van der Waals surface area contributed by atoms with Crippen molar-refractivity contribution in [2.75, 3.05) is 0 Å². The van der Waals surface area contributed by atoms with Crippen LogP contribution in [0.1, 0.15) is 41.0 Å². The van der Waals surface area contributed by atoms with Crippen LogP contribution in [0.2, 0.25) is 0 Å². The average molecular weight is 404 g/mol. The molecule has 0 saturated heterocycles. The zero-order valence-electron chi connectivity index (χ0n) is 19.7. The maximum Gasteiger partial charge on any atom is 0.0479 e.